The second-order valence-electron chi connectivity index (χ2n) is 3.37. The van der Waals surface area contributed by atoms with Crippen LogP contribution in [0, 0.1) is 17.0 Å². The van der Waals surface area contributed by atoms with E-state index in [4.69, 9.17) is 20.6 Å². The summed E-state index contributed by atoms with van der Waals surface area (Å²) in [6.45, 7) is 1.68. The summed E-state index contributed by atoms with van der Waals surface area (Å²) in [4.78, 5) is 0. The number of hydrogen-bond acceptors (Lipinski definition) is 3. The minimum Gasteiger partial charge on any atom is -0.485 e. The number of amidine groups is 1. The van der Waals surface area contributed by atoms with Gasteiger partial charge in [-0.2, -0.15) is 0 Å². The highest BCUT2D eigenvalue weighted by Gasteiger charge is 2.10. The average molecular weight is 244 g/mol. The lowest BCUT2D eigenvalue weighted by Gasteiger charge is -2.12. The Morgan fingerprint density at radius 1 is 1.35 bits per heavy atom. The predicted molar refractivity (Wildman–Crippen MR) is 59.2 cm³/mol. The maximum absolute atomic E-state index is 13.1. The topological polar surface area (TPSA) is 68.3 Å². The number of rotatable bonds is 6. The van der Waals surface area contributed by atoms with E-state index < -0.39 is 23.5 Å². The molecule has 6 heteroatoms. The van der Waals surface area contributed by atoms with E-state index in [2.05, 4.69) is 0 Å². The molecule has 0 aromatic heterocycles. The SMILES string of the molecule is CC(OCCOc1c(F)cccc1F)C(=N)N. The van der Waals surface area contributed by atoms with Crippen molar-refractivity contribution in [3.05, 3.63) is 29.8 Å². The second kappa shape index (κ2) is 6.15. The normalized spacial score (nSPS) is 12.2. The van der Waals surface area contributed by atoms with Gasteiger partial charge in [0.15, 0.2) is 17.4 Å². The van der Waals surface area contributed by atoms with Gasteiger partial charge in [-0.15, -0.1) is 0 Å². The lowest BCUT2D eigenvalue weighted by atomic mass is 10.3. The van der Waals surface area contributed by atoms with Crippen molar-refractivity contribution in [1.82, 2.24) is 0 Å². The Labute approximate surface area is 97.8 Å². The maximum Gasteiger partial charge on any atom is 0.190 e. The van der Waals surface area contributed by atoms with Gasteiger partial charge in [0.25, 0.3) is 0 Å². The third-order valence-electron chi connectivity index (χ3n) is 2.05. The van der Waals surface area contributed by atoms with Gasteiger partial charge in [0, 0.05) is 0 Å². The Bertz CT molecular complexity index is 379. The van der Waals surface area contributed by atoms with Crippen LogP contribution in [0.2, 0.25) is 0 Å². The lowest BCUT2D eigenvalue weighted by molar-refractivity contribution is 0.0770. The van der Waals surface area contributed by atoms with Crippen LogP contribution >= 0.6 is 0 Å². The standard InChI is InChI=1S/C11H14F2N2O2/c1-7(11(14)15)16-5-6-17-10-8(12)3-2-4-9(10)13/h2-4,7H,5-6H2,1H3,(H3,14,15). The number of halogens is 2. The predicted octanol–water partition coefficient (Wildman–Crippen LogP) is 1.68. The van der Waals surface area contributed by atoms with Gasteiger partial charge in [0.2, 0.25) is 0 Å². The molecule has 0 aliphatic carbocycles. The van der Waals surface area contributed by atoms with E-state index in [0.717, 1.165) is 12.1 Å². The van der Waals surface area contributed by atoms with Crippen LogP contribution in [0.25, 0.3) is 0 Å². The molecule has 1 unspecified atom stereocenters. The second-order valence-corrected chi connectivity index (χ2v) is 3.37. The van der Waals surface area contributed by atoms with Crippen LogP contribution in [-0.4, -0.2) is 25.2 Å². The highest BCUT2D eigenvalue weighted by atomic mass is 19.1. The van der Waals surface area contributed by atoms with Gasteiger partial charge in [-0.1, -0.05) is 6.07 Å². The molecule has 0 saturated heterocycles. The summed E-state index contributed by atoms with van der Waals surface area (Å²) in [5.41, 5.74) is 5.18. The largest absolute Gasteiger partial charge is 0.485 e. The van der Waals surface area contributed by atoms with E-state index in [9.17, 15) is 8.78 Å². The summed E-state index contributed by atoms with van der Waals surface area (Å²) in [6.07, 6.45) is -0.538. The van der Waals surface area contributed by atoms with Crippen molar-refractivity contribution in [2.45, 2.75) is 13.0 Å². The van der Waals surface area contributed by atoms with Crippen molar-refractivity contribution in [3.8, 4) is 5.75 Å². The van der Waals surface area contributed by atoms with Crippen molar-refractivity contribution in [3.63, 3.8) is 0 Å². The van der Waals surface area contributed by atoms with E-state index in [0.29, 0.717) is 0 Å². The van der Waals surface area contributed by atoms with Gasteiger partial charge in [0.1, 0.15) is 18.5 Å². The molecule has 0 spiro atoms. The fourth-order valence-electron chi connectivity index (χ4n) is 1.08. The molecule has 0 aliphatic heterocycles. The average Bonchev–Trinajstić information content (AvgIpc) is 2.27. The zero-order chi connectivity index (χ0) is 12.8. The van der Waals surface area contributed by atoms with Crippen molar-refractivity contribution in [1.29, 1.82) is 5.41 Å². The Hall–Kier alpha value is -1.69. The van der Waals surface area contributed by atoms with Crippen LogP contribution < -0.4 is 10.5 Å². The van der Waals surface area contributed by atoms with Gasteiger partial charge in [-0.25, -0.2) is 8.78 Å². The minimum atomic E-state index is -0.760. The van der Waals surface area contributed by atoms with Crippen LogP contribution in [0.3, 0.4) is 0 Å². The van der Waals surface area contributed by atoms with E-state index in [1.807, 2.05) is 0 Å². The third-order valence-corrected chi connectivity index (χ3v) is 2.05. The molecule has 94 valence electrons. The first-order chi connectivity index (χ1) is 8.02. The summed E-state index contributed by atoms with van der Waals surface area (Å²) < 4.78 is 36.2. The summed E-state index contributed by atoms with van der Waals surface area (Å²) in [5, 5.41) is 7.06. The van der Waals surface area contributed by atoms with Crippen LogP contribution in [-0.2, 0) is 4.74 Å². The van der Waals surface area contributed by atoms with Gasteiger partial charge in [0.05, 0.1) is 6.61 Å². The summed E-state index contributed by atoms with van der Waals surface area (Å²) in [6, 6.07) is 3.47. The first kappa shape index (κ1) is 13.4. The number of hydrogen-bond donors (Lipinski definition) is 2. The van der Waals surface area contributed by atoms with Crippen LogP contribution in [0.4, 0.5) is 8.78 Å². The molecule has 4 nitrogen and oxygen atoms in total. The van der Waals surface area contributed by atoms with Crippen LogP contribution in [0.15, 0.2) is 18.2 Å². The molecule has 1 aromatic carbocycles. The monoisotopic (exact) mass is 244 g/mol. The fraction of sp³-hybridized carbons (Fsp3) is 0.364. The highest BCUT2D eigenvalue weighted by Crippen LogP contribution is 2.20. The summed E-state index contributed by atoms with van der Waals surface area (Å²) in [7, 11) is 0. The van der Waals surface area contributed by atoms with E-state index in [1.54, 1.807) is 6.92 Å². The minimum absolute atomic E-state index is 0.0184. The molecular formula is C11H14F2N2O2. The van der Waals surface area contributed by atoms with Crippen molar-refractivity contribution in [2.75, 3.05) is 13.2 Å². The van der Waals surface area contributed by atoms with Gasteiger partial charge in [-0.3, -0.25) is 5.41 Å². The molecular weight excluding hydrogens is 230 g/mol. The van der Waals surface area contributed by atoms with Gasteiger partial charge >= 0.3 is 0 Å². The molecule has 1 atom stereocenters. The number of nitrogens with two attached hydrogens (primary N) is 1. The molecule has 3 N–H and O–H groups in total. The molecule has 1 rings (SSSR count). The van der Waals surface area contributed by atoms with Crippen LogP contribution in [0.5, 0.6) is 5.75 Å². The molecule has 0 bridgehead atoms. The Balaban J connectivity index is 2.39. The molecule has 0 aliphatic rings. The number of ether oxygens (including phenoxy) is 2. The Morgan fingerprint density at radius 2 is 1.94 bits per heavy atom. The smallest absolute Gasteiger partial charge is 0.190 e. The highest BCUT2D eigenvalue weighted by molar-refractivity contribution is 5.81. The van der Waals surface area contributed by atoms with Crippen molar-refractivity contribution < 1.29 is 18.3 Å². The first-order valence-corrected chi connectivity index (χ1v) is 5.04. The molecule has 0 saturated carbocycles. The van der Waals surface area contributed by atoms with Crippen molar-refractivity contribution >= 4 is 5.84 Å². The van der Waals surface area contributed by atoms with Gasteiger partial charge in [-0.05, 0) is 19.1 Å². The zero-order valence-corrected chi connectivity index (χ0v) is 9.37. The molecule has 1 aromatic rings. The molecule has 0 fully saturated rings. The van der Waals surface area contributed by atoms with E-state index in [-0.39, 0.29) is 19.0 Å². The zero-order valence-electron chi connectivity index (χ0n) is 9.37. The van der Waals surface area contributed by atoms with Crippen LogP contribution in [0.1, 0.15) is 6.92 Å². The molecule has 0 radical (unpaired) electrons. The van der Waals surface area contributed by atoms with Crippen molar-refractivity contribution in [2.24, 2.45) is 5.73 Å². The molecule has 0 heterocycles. The summed E-state index contributed by atoms with van der Waals surface area (Å²) >= 11 is 0. The Kier molecular flexibility index (Phi) is 4.84. The Morgan fingerprint density at radius 3 is 2.47 bits per heavy atom. The lowest BCUT2D eigenvalue weighted by Crippen LogP contribution is -2.29. The molecule has 17 heavy (non-hydrogen) atoms. The quantitative estimate of drug-likeness (QED) is 0.454. The maximum atomic E-state index is 13.1. The number of benzene rings is 1. The number of para-hydroxylation sites is 1. The molecule has 0 amide bonds. The van der Waals surface area contributed by atoms with Gasteiger partial charge < -0.3 is 15.2 Å². The number of nitrogens with one attached hydrogen (secondary N) is 1. The third kappa shape index (κ3) is 3.99. The van der Waals surface area contributed by atoms with E-state index in [1.165, 1.54) is 6.07 Å². The first-order valence-electron chi connectivity index (χ1n) is 5.04. The summed E-state index contributed by atoms with van der Waals surface area (Å²) in [5.74, 6) is -2.05. The fourth-order valence-corrected chi connectivity index (χ4v) is 1.08. The van der Waals surface area contributed by atoms with E-state index >= 15 is 0 Å².